The van der Waals surface area contributed by atoms with E-state index < -0.39 is 0 Å². The number of hydrogen-bond donors (Lipinski definition) is 1. The van der Waals surface area contributed by atoms with Gasteiger partial charge in [-0.1, -0.05) is 12.2 Å². The third-order valence-electron chi connectivity index (χ3n) is 2.88. The molecule has 0 spiro atoms. The lowest BCUT2D eigenvalue weighted by Gasteiger charge is -2.26. The zero-order valence-corrected chi connectivity index (χ0v) is 10.1. The SMILES string of the molecule is S=c1nc[nH]c2c1ncn2CN1CCOCC1. The third-order valence-corrected chi connectivity index (χ3v) is 3.18. The number of imidazole rings is 1. The fourth-order valence-electron chi connectivity index (χ4n) is 1.97. The smallest absolute Gasteiger partial charge is 0.157 e. The molecule has 3 heterocycles. The Labute approximate surface area is 103 Å². The van der Waals surface area contributed by atoms with Gasteiger partial charge in [0.2, 0.25) is 0 Å². The van der Waals surface area contributed by atoms with Gasteiger partial charge in [-0.2, -0.15) is 0 Å². The molecule has 0 radical (unpaired) electrons. The first-order chi connectivity index (χ1) is 8.34. The Hall–Kier alpha value is -1.31. The molecule has 1 aliphatic rings. The zero-order valence-electron chi connectivity index (χ0n) is 9.30. The van der Waals surface area contributed by atoms with Crippen LogP contribution in [0.2, 0.25) is 0 Å². The zero-order chi connectivity index (χ0) is 11.7. The van der Waals surface area contributed by atoms with Crippen molar-refractivity contribution in [2.24, 2.45) is 0 Å². The molecule has 3 rings (SSSR count). The molecule has 2 aromatic heterocycles. The van der Waals surface area contributed by atoms with Gasteiger partial charge in [0.05, 0.1) is 32.5 Å². The normalized spacial score (nSPS) is 17.6. The molecule has 7 heteroatoms. The topological polar surface area (TPSA) is 59.0 Å². The molecule has 6 nitrogen and oxygen atoms in total. The van der Waals surface area contributed by atoms with Gasteiger partial charge in [0.25, 0.3) is 0 Å². The largest absolute Gasteiger partial charge is 0.379 e. The van der Waals surface area contributed by atoms with E-state index in [-0.39, 0.29) is 0 Å². The van der Waals surface area contributed by atoms with E-state index in [1.165, 1.54) is 0 Å². The van der Waals surface area contributed by atoms with Crippen LogP contribution in [0.5, 0.6) is 0 Å². The van der Waals surface area contributed by atoms with Crippen molar-refractivity contribution in [3.63, 3.8) is 0 Å². The van der Waals surface area contributed by atoms with Gasteiger partial charge in [-0.15, -0.1) is 0 Å². The Kier molecular flexibility index (Phi) is 2.87. The molecule has 0 unspecified atom stereocenters. The summed E-state index contributed by atoms with van der Waals surface area (Å²) in [4.78, 5) is 13.7. The van der Waals surface area contributed by atoms with Crippen molar-refractivity contribution in [3.05, 3.63) is 17.3 Å². The molecule has 0 atom stereocenters. The number of hydrogen-bond acceptors (Lipinski definition) is 5. The molecule has 1 aliphatic heterocycles. The van der Waals surface area contributed by atoms with Crippen LogP contribution in [0.4, 0.5) is 0 Å². The van der Waals surface area contributed by atoms with E-state index in [4.69, 9.17) is 17.0 Å². The van der Waals surface area contributed by atoms with Crippen LogP contribution in [0.3, 0.4) is 0 Å². The molecule has 0 aromatic carbocycles. The highest BCUT2D eigenvalue weighted by Gasteiger charge is 2.12. The van der Waals surface area contributed by atoms with Crippen LogP contribution in [-0.2, 0) is 11.4 Å². The predicted molar refractivity (Wildman–Crippen MR) is 65.1 cm³/mol. The minimum atomic E-state index is 0.541. The monoisotopic (exact) mass is 251 g/mol. The van der Waals surface area contributed by atoms with Crippen LogP contribution in [0, 0.1) is 4.64 Å². The number of H-pyrrole nitrogens is 1. The molecule has 0 saturated carbocycles. The number of morpholine rings is 1. The van der Waals surface area contributed by atoms with Gasteiger partial charge in [0, 0.05) is 13.1 Å². The molecule has 1 saturated heterocycles. The van der Waals surface area contributed by atoms with Crippen molar-refractivity contribution in [3.8, 4) is 0 Å². The van der Waals surface area contributed by atoms with E-state index in [9.17, 15) is 0 Å². The van der Waals surface area contributed by atoms with Crippen LogP contribution in [0.1, 0.15) is 0 Å². The number of aromatic nitrogens is 4. The highest BCUT2D eigenvalue weighted by molar-refractivity contribution is 7.71. The van der Waals surface area contributed by atoms with E-state index in [0.717, 1.165) is 44.1 Å². The molecule has 1 N–H and O–H groups in total. The summed E-state index contributed by atoms with van der Waals surface area (Å²) in [6, 6.07) is 0. The van der Waals surface area contributed by atoms with Gasteiger partial charge in [-0.3, -0.25) is 4.90 Å². The molecule has 0 aliphatic carbocycles. The van der Waals surface area contributed by atoms with E-state index in [1.54, 1.807) is 12.7 Å². The molecule has 2 aromatic rings. The number of nitrogens with zero attached hydrogens (tertiary/aromatic N) is 4. The van der Waals surface area contributed by atoms with E-state index in [1.807, 2.05) is 0 Å². The maximum absolute atomic E-state index is 5.32. The van der Waals surface area contributed by atoms with Crippen LogP contribution < -0.4 is 0 Å². The Morgan fingerprint density at radius 2 is 2.18 bits per heavy atom. The Morgan fingerprint density at radius 3 is 3.00 bits per heavy atom. The summed E-state index contributed by atoms with van der Waals surface area (Å²) in [5.41, 5.74) is 1.69. The first-order valence-corrected chi connectivity index (χ1v) is 5.94. The van der Waals surface area contributed by atoms with Gasteiger partial charge in [0.15, 0.2) is 4.64 Å². The van der Waals surface area contributed by atoms with Crippen LogP contribution in [0.15, 0.2) is 12.7 Å². The average molecular weight is 251 g/mol. The quantitative estimate of drug-likeness (QED) is 0.799. The maximum Gasteiger partial charge on any atom is 0.157 e. The lowest BCUT2D eigenvalue weighted by Crippen LogP contribution is -2.37. The molecular weight excluding hydrogens is 238 g/mol. The fraction of sp³-hybridized carbons (Fsp3) is 0.500. The molecule has 0 bridgehead atoms. The minimum Gasteiger partial charge on any atom is -0.379 e. The van der Waals surface area contributed by atoms with Crippen molar-refractivity contribution < 1.29 is 4.74 Å². The van der Waals surface area contributed by atoms with Gasteiger partial charge < -0.3 is 14.3 Å². The summed E-state index contributed by atoms with van der Waals surface area (Å²) in [7, 11) is 0. The fourth-order valence-corrected chi connectivity index (χ4v) is 2.17. The van der Waals surface area contributed by atoms with Crippen molar-refractivity contribution in [2.45, 2.75) is 6.67 Å². The maximum atomic E-state index is 5.32. The molecule has 90 valence electrons. The number of fused-ring (bicyclic) bond motifs is 1. The Balaban J connectivity index is 1.90. The predicted octanol–water partition coefficient (Wildman–Crippen LogP) is 0.779. The lowest BCUT2D eigenvalue weighted by atomic mass is 10.4. The summed E-state index contributed by atoms with van der Waals surface area (Å²) in [6.07, 6.45) is 3.41. The summed E-state index contributed by atoms with van der Waals surface area (Å²) >= 11 is 5.13. The van der Waals surface area contributed by atoms with Gasteiger partial charge in [-0.05, 0) is 0 Å². The first-order valence-electron chi connectivity index (χ1n) is 5.53. The van der Waals surface area contributed by atoms with Crippen molar-refractivity contribution in [1.29, 1.82) is 0 Å². The Bertz CT molecular complexity index is 571. The second kappa shape index (κ2) is 4.52. The van der Waals surface area contributed by atoms with Gasteiger partial charge in [0.1, 0.15) is 11.2 Å². The summed E-state index contributed by atoms with van der Waals surface area (Å²) < 4.78 is 7.92. The van der Waals surface area contributed by atoms with Crippen LogP contribution in [0.25, 0.3) is 11.2 Å². The molecule has 17 heavy (non-hydrogen) atoms. The summed E-state index contributed by atoms with van der Waals surface area (Å²) in [5, 5.41) is 0. The Morgan fingerprint density at radius 1 is 1.35 bits per heavy atom. The number of rotatable bonds is 2. The highest BCUT2D eigenvalue weighted by Crippen LogP contribution is 2.10. The van der Waals surface area contributed by atoms with E-state index in [2.05, 4.69) is 24.4 Å². The van der Waals surface area contributed by atoms with Crippen molar-refractivity contribution >= 4 is 23.4 Å². The van der Waals surface area contributed by atoms with Crippen molar-refractivity contribution in [1.82, 2.24) is 24.4 Å². The van der Waals surface area contributed by atoms with Crippen LogP contribution >= 0.6 is 12.2 Å². The third kappa shape index (κ3) is 2.08. The second-order valence-electron chi connectivity index (χ2n) is 3.99. The lowest BCUT2D eigenvalue weighted by molar-refractivity contribution is 0.0240. The number of nitrogens with one attached hydrogen (secondary N) is 1. The molecule has 0 amide bonds. The van der Waals surface area contributed by atoms with Gasteiger partial charge >= 0.3 is 0 Å². The van der Waals surface area contributed by atoms with E-state index in [0.29, 0.717) is 4.64 Å². The minimum absolute atomic E-state index is 0.541. The van der Waals surface area contributed by atoms with Gasteiger partial charge in [-0.25, -0.2) is 9.97 Å². The standard InChI is InChI=1S/C10H13N5OS/c17-10-8-9(11-5-12-10)15(6-13-8)7-14-1-3-16-4-2-14/h5-6H,1-4,7H2,(H,11,12,17). The molecular formula is C10H13N5OS. The number of aromatic amines is 1. The number of ether oxygens (including phenoxy) is 1. The summed E-state index contributed by atoms with van der Waals surface area (Å²) in [6.45, 7) is 4.29. The summed E-state index contributed by atoms with van der Waals surface area (Å²) in [5.74, 6) is 0. The average Bonchev–Trinajstić information content (AvgIpc) is 2.76. The first kappa shape index (κ1) is 10.8. The van der Waals surface area contributed by atoms with Crippen LogP contribution in [-0.4, -0.2) is 50.7 Å². The van der Waals surface area contributed by atoms with E-state index >= 15 is 0 Å². The molecule has 1 fully saturated rings. The van der Waals surface area contributed by atoms with Crippen molar-refractivity contribution in [2.75, 3.05) is 26.3 Å². The highest BCUT2D eigenvalue weighted by atomic mass is 32.1. The second-order valence-corrected chi connectivity index (χ2v) is 4.38.